The molecule has 0 saturated heterocycles. The molecule has 0 N–H and O–H groups in total. The van der Waals surface area contributed by atoms with Crippen molar-refractivity contribution in [1.29, 1.82) is 0 Å². The monoisotopic (exact) mass is 557 g/mol. The van der Waals surface area contributed by atoms with Gasteiger partial charge in [0.05, 0.1) is 0 Å². The van der Waals surface area contributed by atoms with Crippen LogP contribution in [0.5, 0.6) is 0 Å². The first kappa shape index (κ1) is 24.9. The molecule has 3 heteroatoms. The number of fused-ring (bicyclic) bond motifs is 2. The van der Waals surface area contributed by atoms with E-state index in [1.165, 1.54) is 33.4 Å². The van der Waals surface area contributed by atoms with Gasteiger partial charge in [0.15, 0.2) is 0 Å². The molecule has 0 aliphatic heterocycles. The van der Waals surface area contributed by atoms with E-state index in [2.05, 4.69) is 133 Å². The summed E-state index contributed by atoms with van der Waals surface area (Å²) in [5, 5.41) is 0. The van der Waals surface area contributed by atoms with Crippen molar-refractivity contribution in [2.75, 3.05) is 0 Å². The second-order valence-electron chi connectivity index (χ2n) is 8.69. The molecule has 0 fully saturated rings. The van der Waals surface area contributed by atoms with E-state index < -0.39 is 21.8 Å². The standard InChI is InChI=1S/C13H11.2C9H7.2ClH.Zr/c1-3-7-12(8-4-1)11-13-9-5-2-6-10-13;2*1-2-5-9-7-3-6-8(9)4-1;;;/h1-11H;2*1-7H;2*1H;/q;;;;;+2/p-2. The molecule has 0 nitrogen and oxygen atoms in total. The van der Waals surface area contributed by atoms with Gasteiger partial charge in [0.1, 0.15) is 0 Å². The summed E-state index contributed by atoms with van der Waals surface area (Å²) in [7, 11) is 0. The zero-order valence-electron chi connectivity index (χ0n) is 18.7. The SMILES string of the molecule is C1=C[CH]([Zr+2]([CH]2C=Cc3ccccc32)[CH](c2ccccc2)c2ccccc2)c2ccccc21.[Cl-].[Cl-]. The second kappa shape index (κ2) is 11.0. The normalized spacial score (nSPS) is 17.0. The molecule has 2 aliphatic carbocycles. The van der Waals surface area contributed by atoms with E-state index in [0.717, 1.165) is 0 Å². The predicted octanol–water partition coefficient (Wildman–Crippen LogP) is 1.94. The van der Waals surface area contributed by atoms with Crippen LogP contribution in [0.15, 0.2) is 121 Å². The number of hydrogen-bond donors (Lipinski definition) is 0. The van der Waals surface area contributed by atoms with Crippen molar-refractivity contribution in [3.63, 3.8) is 0 Å². The quantitative estimate of drug-likeness (QED) is 0.351. The van der Waals surface area contributed by atoms with Crippen molar-refractivity contribution in [2.24, 2.45) is 0 Å². The van der Waals surface area contributed by atoms with Gasteiger partial charge in [0.25, 0.3) is 0 Å². The Kier molecular flexibility index (Phi) is 8.10. The van der Waals surface area contributed by atoms with Gasteiger partial charge in [-0.1, -0.05) is 0 Å². The van der Waals surface area contributed by atoms with E-state index >= 15 is 0 Å². The van der Waals surface area contributed by atoms with Crippen molar-refractivity contribution in [3.05, 3.63) is 155 Å². The molecule has 0 saturated carbocycles. The summed E-state index contributed by atoms with van der Waals surface area (Å²) in [6.45, 7) is 0. The molecular formula is C31H25Cl2Zr. The smallest absolute Gasteiger partial charge is 1.00 e. The summed E-state index contributed by atoms with van der Waals surface area (Å²) in [5.41, 5.74) is 8.84. The summed E-state index contributed by atoms with van der Waals surface area (Å²) in [4.78, 5) is 0. The van der Waals surface area contributed by atoms with Gasteiger partial charge in [0.2, 0.25) is 0 Å². The van der Waals surface area contributed by atoms with Crippen LogP contribution in [0.3, 0.4) is 0 Å². The van der Waals surface area contributed by atoms with E-state index in [1.54, 1.807) is 0 Å². The zero-order chi connectivity index (χ0) is 21.3. The average molecular weight is 560 g/mol. The molecule has 4 aromatic carbocycles. The third-order valence-electron chi connectivity index (χ3n) is 6.92. The summed E-state index contributed by atoms with van der Waals surface area (Å²) < 4.78 is 1.60. The van der Waals surface area contributed by atoms with Crippen LogP contribution < -0.4 is 24.8 Å². The van der Waals surface area contributed by atoms with Gasteiger partial charge < -0.3 is 24.8 Å². The molecule has 0 heterocycles. The van der Waals surface area contributed by atoms with E-state index in [4.69, 9.17) is 0 Å². The van der Waals surface area contributed by atoms with Crippen molar-refractivity contribution < 1.29 is 46.6 Å². The number of allylic oxidation sites excluding steroid dienone is 2. The van der Waals surface area contributed by atoms with Crippen molar-refractivity contribution >= 4 is 12.2 Å². The minimum absolute atomic E-state index is 0. The fourth-order valence-electron chi connectivity index (χ4n) is 5.50. The Balaban J connectivity index is 0.00000137. The van der Waals surface area contributed by atoms with Crippen LogP contribution in [0.1, 0.15) is 44.3 Å². The maximum absolute atomic E-state index is 2.53. The number of halogens is 2. The summed E-state index contributed by atoms with van der Waals surface area (Å²) in [6, 6.07) is 40.6. The Labute approximate surface area is 222 Å². The molecule has 2 atom stereocenters. The maximum Gasteiger partial charge on any atom is -1.00 e. The Morgan fingerprint density at radius 2 is 0.853 bits per heavy atom. The van der Waals surface area contributed by atoms with Gasteiger partial charge in [0, 0.05) is 0 Å². The minimum Gasteiger partial charge on any atom is -1.00 e. The second-order valence-corrected chi connectivity index (χ2v) is 15.6. The number of benzene rings is 4. The third kappa shape index (κ3) is 4.55. The van der Waals surface area contributed by atoms with Gasteiger partial charge in [-0.05, 0) is 0 Å². The Bertz CT molecular complexity index is 1200. The third-order valence-corrected chi connectivity index (χ3v) is 16.2. The fourth-order valence-corrected chi connectivity index (χ4v) is 15.7. The Morgan fingerprint density at radius 3 is 1.29 bits per heavy atom. The van der Waals surface area contributed by atoms with Gasteiger partial charge in [-0.15, -0.1) is 0 Å². The van der Waals surface area contributed by atoms with Gasteiger partial charge >= 0.3 is 200 Å². The molecule has 2 aliphatic rings. The molecule has 167 valence electrons. The summed E-state index contributed by atoms with van der Waals surface area (Å²) >= 11 is -2.36. The first-order chi connectivity index (χ1) is 15.9. The molecule has 0 amide bonds. The predicted molar refractivity (Wildman–Crippen MR) is 131 cm³/mol. The van der Waals surface area contributed by atoms with E-state index in [-0.39, 0.29) is 24.8 Å². The fraction of sp³-hybridized carbons (Fsp3) is 0.0968. The Hall–Kier alpha value is -2.18. The van der Waals surface area contributed by atoms with E-state index in [9.17, 15) is 0 Å². The molecule has 0 aromatic heterocycles. The molecule has 0 spiro atoms. The molecule has 6 rings (SSSR count). The molecule has 4 aromatic rings. The first-order valence-corrected chi connectivity index (χ1v) is 15.7. The van der Waals surface area contributed by atoms with Crippen LogP contribution in [0, 0.1) is 0 Å². The Morgan fingerprint density at radius 1 is 0.471 bits per heavy atom. The molecule has 2 unspecified atom stereocenters. The average Bonchev–Trinajstić information content (AvgIpc) is 3.48. The first-order valence-electron chi connectivity index (χ1n) is 11.4. The van der Waals surface area contributed by atoms with Crippen LogP contribution in [-0.2, 0) is 21.8 Å². The summed E-state index contributed by atoms with van der Waals surface area (Å²) in [5.74, 6) is 0. The molecule has 0 radical (unpaired) electrons. The van der Waals surface area contributed by atoms with Crippen LogP contribution in [0.4, 0.5) is 0 Å². The molecule has 0 bridgehead atoms. The van der Waals surface area contributed by atoms with Gasteiger partial charge in [-0.3, -0.25) is 0 Å². The van der Waals surface area contributed by atoms with Crippen molar-refractivity contribution in [1.82, 2.24) is 0 Å². The summed E-state index contributed by atoms with van der Waals surface area (Å²) in [6.07, 6.45) is 9.82. The van der Waals surface area contributed by atoms with Gasteiger partial charge in [-0.2, -0.15) is 0 Å². The molecular weight excluding hydrogens is 534 g/mol. The zero-order valence-corrected chi connectivity index (χ0v) is 22.7. The van der Waals surface area contributed by atoms with E-state index in [0.29, 0.717) is 10.9 Å². The van der Waals surface area contributed by atoms with Crippen molar-refractivity contribution in [2.45, 2.75) is 10.9 Å². The minimum atomic E-state index is -2.36. The molecule has 34 heavy (non-hydrogen) atoms. The van der Waals surface area contributed by atoms with Crippen LogP contribution >= 0.6 is 0 Å². The topological polar surface area (TPSA) is 0 Å². The number of hydrogen-bond acceptors (Lipinski definition) is 0. The van der Waals surface area contributed by atoms with Gasteiger partial charge in [-0.25, -0.2) is 0 Å². The van der Waals surface area contributed by atoms with Crippen LogP contribution in [-0.4, -0.2) is 0 Å². The van der Waals surface area contributed by atoms with E-state index in [1.807, 2.05) is 0 Å². The largest absolute Gasteiger partial charge is 1.00 e. The van der Waals surface area contributed by atoms with Crippen LogP contribution in [0.2, 0.25) is 0 Å². The van der Waals surface area contributed by atoms with Crippen LogP contribution in [0.25, 0.3) is 12.2 Å². The van der Waals surface area contributed by atoms with Crippen molar-refractivity contribution in [3.8, 4) is 0 Å². The number of rotatable bonds is 5. The maximum atomic E-state index is 2.53.